The van der Waals surface area contributed by atoms with Gasteiger partial charge in [-0.25, -0.2) is 0 Å². The average Bonchev–Trinajstić information content (AvgIpc) is 3.31. The monoisotopic (exact) mass is 442 g/mol. The molecule has 2 aliphatic heterocycles. The average molecular weight is 443 g/mol. The molecule has 1 saturated heterocycles. The molecule has 162 valence electrons. The van der Waals surface area contributed by atoms with E-state index in [1.165, 1.54) is 4.90 Å². The summed E-state index contributed by atoms with van der Waals surface area (Å²) < 4.78 is 11.1. The normalized spacial score (nSPS) is 16.5. The summed E-state index contributed by atoms with van der Waals surface area (Å²) in [6, 6.07) is 11.0. The van der Waals surface area contributed by atoms with Crippen LogP contribution in [0.3, 0.4) is 0 Å². The molecule has 1 atom stereocenters. The third kappa shape index (κ3) is 4.51. The lowest BCUT2D eigenvalue weighted by atomic mass is 10.1. The molecule has 0 radical (unpaired) electrons. The highest BCUT2D eigenvalue weighted by Crippen LogP contribution is 2.35. The van der Waals surface area contributed by atoms with Crippen molar-refractivity contribution in [2.45, 2.75) is 25.8 Å². The van der Waals surface area contributed by atoms with E-state index in [1.807, 2.05) is 0 Å². The van der Waals surface area contributed by atoms with Crippen LogP contribution in [-0.2, 0) is 9.59 Å². The molecule has 2 aromatic rings. The maximum Gasteiger partial charge on any atom is 0.265 e. The van der Waals surface area contributed by atoms with Gasteiger partial charge in [-0.3, -0.25) is 19.3 Å². The molecule has 0 N–H and O–H groups in total. The molecule has 0 aliphatic carbocycles. The Morgan fingerprint density at radius 3 is 2.68 bits per heavy atom. The van der Waals surface area contributed by atoms with E-state index in [0.717, 1.165) is 12.8 Å². The van der Waals surface area contributed by atoms with Gasteiger partial charge in [-0.05, 0) is 56.2 Å². The van der Waals surface area contributed by atoms with Crippen LogP contribution < -0.4 is 14.4 Å². The maximum atomic E-state index is 12.9. The van der Waals surface area contributed by atoms with Gasteiger partial charge in [0.25, 0.3) is 5.91 Å². The fourth-order valence-electron chi connectivity index (χ4n) is 3.87. The maximum absolute atomic E-state index is 12.9. The zero-order valence-electron chi connectivity index (χ0n) is 17.2. The summed E-state index contributed by atoms with van der Waals surface area (Å²) in [6.07, 6.45) is 1.94. The number of fused-ring (bicyclic) bond motifs is 1. The van der Waals surface area contributed by atoms with Crippen LogP contribution in [0.4, 0.5) is 5.69 Å². The lowest BCUT2D eigenvalue weighted by Gasteiger charge is -2.35. The molecule has 1 fully saturated rings. The fraction of sp³-hybridized carbons (Fsp3) is 0.348. The number of ether oxygens (including phenoxy) is 2. The number of hydrogen-bond acceptors (Lipinski definition) is 5. The van der Waals surface area contributed by atoms with Crippen molar-refractivity contribution in [2.75, 3.05) is 31.2 Å². The molecule has 4 rings (SSSR count). The van der Waals surface area contributed by atoms with Gasteiger partial charge in [0.2, 0.25) is 5.91 Å². The summed E-state index contributed by atoms with van der Waals surface area (Å²) >= 11 is 5.94. The number of likely N-dealkylation sites (tertiary alicyclic amines) is 1. The van der Waals surface area contributed by atoms with Crippen LogP contribution in [0.2, 0.25) is 5.02 Å². The molecule has 2 amide bonds. The first-order valence-electron chi connectivity index (χ1n) is 10.2. The van der Waals surface area contributed by atoms with Crippen molar-refractivity contribution in [2.24, 2.45) is 0 Å². The van der Waals surface area contributed by atoms with Crippen molar-refractivity contribution in [3.63, 3.8) is 0 Å². The smallest absolute Gasteiger partial charge is 0.265 e. The van der Waals surface area contributed by atoms with Crippen molar-refractivity contribution in [3.05, 3.63) is 53.1 Å². The van der Waals surface area contributed by atoms with E-state index in [0.29, 0.717) is 40.9 Å². The standard InChI is InChI=1S/C23H23ClN2O5/c1-15(23(29)25-9-2-3-10-25)26-19-11-16(7-8-21(19)31-14-22(26)28)20(27)13-30-18-6-4-5-17(24)12-18/h4-8,11-12,15H,2-3,9-10,13-14H2,1H3. The van der Waals surface area contributed by atoms with Gasteiger partial charge in [-0.2, -0.15) is 0 Å². The predicted molar refractivity (Wildman–Crippen MR) is 116 cm³/mol. The van der Waals surface area contributed by atoms with Gasteiger partial charge in [0.1, 0.15) is 17.5 Å². The van der Waals surface area contributed by atoms with Crippen LogP contribution in [0.25, 0.3) is 0 Å². The van der Waals surface area contributed by atoms with Gasteiger partial charge in [0.15, 0.2) is 19.0 Å². The summed E-state index contributed by atoms with van der Waals surface area (Å²) in [6.45, 7) is 2.79. The second kappa shape index (κ2) is 8.98. The molecule has 2 aromatic carbocycles. The SMILES string of the molecule is CC(C(=O)N1CCCC1)N1C(=O)COc2ccc(C(=O)COc3cccc(Cl)c3)cc21. The Hall–Kier alpha value is -3.06. The molecular formula is C23H23ClN2O5. The molecule has 1 unspecified atom stereocenters. The largest absolute Gasteiger partial charge is 0.485 e. The minimum absolute atomic E-state index is 0.0975. The molecular weight excluding hydrogens is 420 g/mol. The Bertz CT molecular complexity index is 1020. The van der Waals surface area contributed by atoms with Crippen molar-refractivity contribution in [1.82, 2.24) is 4.90 Å². The zero-order valence-corrected chi connectivity index (χ0v) is 17.9. The number of nitrogens with zero attached hydrogens (tertiary/aromatic N) is 2. The quantitative estimate of drug-likeness (QED) is 0.641. The van der Waals surface area contributed by atoms with E-state index < -0.39 is 6.04 Å². The zero-order chi connectivity index (χ0) is 22.0. The molecule has 0 aromatic heterocycles. The number of rotatable bonds is 6. The molecule has 31 heavy (non-hydrogen) atoms. The number of carbonyl (C=O) groups excluding carboxylic acids is 3. The van der Waals surface area contributed by atoms with Gasteiger partial charge in [-0.1, -0.05) is 17.7 Å². The first-order chi connectivity index (χ1) is 14.9. The van der Waals surface area contributed by atoms with Crippen LogP contribution >= 0.6 is 11.6 Å². The van der Waals surface area contributed by atoms with Gasteiger partial charge >= 0.3 is 0 Å². The Labute approximate surface area is 185 Å². The van der Waals surface area contributed by atoms with Crippen LogP contribution in [0.5, 0.6) is 11.5 Å². The van der Waals surface area contributed by atoms with Crippen LogP contribution in [-0.4, -0.2) is 54.8 Å². The fourth-order valence-corrected chi connectivity index (χ4v) is 4.05. The van der Waals surface area contributed by atoms with Crippen molar-refractivity contribution >= 4 is 34.9 Å². The number of benzene rings is 2. The topological polar surface area (TPSA) is 76.2 Å². The Morgan fingerprint density at radius 1 is 1.16 bits per heavy atom. The van der Waals surface area contributed by atoms with Gasteiger partial charge in [0.05, 0.1) is 5.69 Å². The van der Waals surface area contributed by atoms with Crippen LogP contribution in [0.15, 0.2) is 42.5 Å². The number of ketones is 1. The van der Waals surface area contributed by atoms with Gasteiger partial charge in [-0.15, -0.1) is 0 Å². The minimum Gasteiger partial charge on any atom is -0.485 e. The van der Waals surface area contributed by atoms with Crippen molar-refractivity contribution in [3.8, 4) is 11.5 Å². The first-order valence-corrected chi connectivity index (χ1v) is 10.6. The van der Waals surface area contributed by atoms with E-state index in [4.69, 9.17) is 21.1 Å². The van der Waals surface area contributed by atoms with Gasteiger partial charge < -0.3 is 14.4 Å². The Balaban J connectivity index is 1.54. The summed E-state index contributed by atoms with van der Waals surface area (Å²) in [5.41, 5.74) is 0.787. The molecule has 7 nitrogen and oxygen atoms in total. The number of hydrogen-bond donors (Lipinski definition) is 0. The van der Waals surface area contributed by atoms with E-state index in [9.17, 15) is 14.4 Å². The van der Waals surface area contributed by atoms with Crippen molar-refractivity contribution in [1.29, 1.82) is 0 Å². The Kier molecular flexibility index (Phi) is 6.13. The van der Waals surface area contributed by atoms with Crippen molar-refractivity contribution < 1.29 is 23.9 Å². The second-order valence-electron chi connectivity index (χ2n) is 7.61. The summed E-state index contributed by atoms with van der Waals surface area (Å²) in [4.78, 5) is 41.5. The number of amides is 2. The second-order valence-corrected chi connectivity index (χ2v) is 8.05. The summed E-state index contributed by atoms with van der Waals surface area (Å²) in [7, 11) is 0. The highest BCUT2D eigenvalue weighted by molar-refractivity contribution is 6.30. The lowest BCUT2D eigenvalue weighted by molar-refractivity contribution is -0.133. The molecule has 0 bridgehead atoms. The van der Waals surface area contributed by atoms with E-state index in [-0.39, 0.29) is 30.8 Å². The number of anilines is 1. The van der Waals surface area contributed by atoms with E-state index in [1.54, 1.807) is 54.3 Å². The highest BCUT2D eigenvalue weighted by atomic mass is 35.5. The van der Waals surface area contributed by atoms with Crippen LogP contribution in [0, 0.1) is 0 Å². The molecule has 8 heteroatoms. The third-order valence-corrected chi connectivity index (χ3v) is 5.72. The minimum atomic E-state index is -0.679. The summed E-state index contributed by atoms with van der Waals surface area (Å²) in [5, 5.41) is 0.515. The van der Waals surface area contributed by atoms with Crippen LogP contribution in [0.1, 0.15) is 30.1 Å². The molecule has 0 saturated carbocycles. The summed E-state index contributed by atoms with van der Waals surface area (Å²) in [5.74, 6) is 0.281. The number of carbonyl (C=O) groups is 3. The van der Waals surface area contributed by atoms with E-state index >= 15 is 0 Å². The molecule has 2 aliphatic rings. The molecule has 0 spiro atoms. The Morgan fingerprint density at radius 2 is 1.94 bits per heavy atom. The number of halogens is 1. The number of Topliss-reactive ketones (excluding diaryl/α,β-unsaturated/α-hetero) is 1. The predicted octanol–water partition coefficient (Wildman–Crippen LogP) is 3.34. The third-order valence-electron chi connectivity index (χ3n) is 5.49. The first kappa shape index (κ1) is 21.2. The van der Waals surface area contributed by atoms with Gasteiger partial charge in [0, 0.05) is 23.7 Å². The highest BCUT2D eigenvalue weighted by Gasteiger charge is 2.36. The van der Waals surface area contributed by atoms with E-state index in [2.05, 4.69) is 0 Å². The lowest BCUT2D eigenvalue weighted by Crippen LogP contribution is -2.52. The molecule has 2 heterocycles.